The summed E-state index contributed by atoms with van der Waals surface area (Å²) in [7, 11) is -3.15. The lowest BCUT2D eigenvalue weighted by Crippen LogP contribution is -2.46. The largest absolute Gasteiger partial charge is 0.338 e. The van der Waals surface area contributed by atoms with Crippen LogP contribution in [0.3, 0.4) is 0 Å². The van der Waals surface area contributed by atoms with Gasteiger partial charge in [0.2, 0.25) is 15.9 Å². The number of aromatic nitrogens is 2. The Morgan fingerprint density at radius 2 is 2.23 bits per heavy atom. The van der Waals surface area contributed by atoms with Crippen LogP contribution in [0, 0.1) is 0 Å². The average Bonchev–Trinajstić information content (AvgIpc) is 2.91. The van der Waals surface area contributed by atoms with Crippen molar-refractivity contribution in [1.29, 1.82) is 0 Å². The van der Waals surface area contributed by atoms with E-state index in [0.29, 0.717) is 19.0 Å². The Morgan fingerprint density at radius 3 is 2.95 bits per heavy atom. The summed E-state index contributed by atoms with van der Waals surface area (Å²) in [4.78, 5) is 6.66. The predicted octanol–water partition coefficient (Wildman–Crippen LogP) is 1.32. The zero-order chi connectivity index (χ0) is 16.0. The Hall–Kier alpha value is -0.990. The maximum Gasteiger partial charge on any atom is 0.240 e. The van der Waals surface area contributed by atoms with Crippen molar-refractivity contribution in [3.05, 3.63) is 11.7 Å². The third kappa shape index (κ3) is 5.66. The molecule has 1 saturated heterocycles. The molecule has 1 aliphatic rings. The van der Waals surface area contributed by atoms with E-state index in [1.54, 1.807) is 0 Å². The first kappa shape index (κ1) is 17.4. The molecule has 0 aromatic carbocycles. The van der Waals surface area contributed by atoms with E-state index in [2.05, 4.69) is 26.7 Å². The molecule has 2 heterocycles. The smallest absolute Gasteiger partial charge is 0.240 e. The number of aryl methyl sites for hydroxylation is 1. The molecule has 7 nitrogen and oxygen atoms in total. The molecular formula is C14H26N4O3S. The zero-order valence-corrected chi connectivity index (χ0v) is 14.2. The third-order valence-electron chi connectivity index (χ3n) is 3.93. The van der Waals surface area contributed by atoms with Crippen molar-refractivity contribution in [2.75, 3.05) is 19.3 Å². The van der Waals surface area contributed by atoms with Gasteiger partial charge in [0.15, 0.2) is 5.82 Å². The maximum atomic E-state index is 11.3. The molecule has 22 heavy (non-hydrogen) atoms. The Balaban J connectivity index is 1.91. The van der Waals surface area contributed by atoms with Gasteiger partial charge in [0.05, 0.1) is 12.8 Å². The van der Waals surface area contributed by atoms with Crippen LogP contribution in [0.5, 0.6) is 0 Å². The van der Waals surface area contributed by atoms with Gasteiger partial charge in [0, 0.05) is 19.0 Å². The van der Waals surface area contributed by atoms with Crippen LogP contribution in [0.1, 0.15) is 50.7 Å². The molecule has 0 unspecified atom stereocenters. The first-order valence-electron chi connectivity index (χ1n) is 7.98. The Labute approximate surface area is 132 Å². The summed E-state index contributed by atoms with van der Waals surface area (Å²) in [6.07, 6.45) is 7.43. The quantitative estimate of drug-likeness (QED) is 0.773. The highest BCUT2D eigenvalue weighted by Crippen LogP contribution is 2.19. The molecule has 0 spiro atoms. The second-order valence-corrected chi connectivity index (χ2v) is 7.78. The fourth-order valence-electron chi connectivity index (χ4n) is 2.71. The molecule has 2 rings (SSSR count). The van der Waals surface area contributed by atoms with Gasteiger partial charge in [0.25, 0.3) is 0 Å². The standard InChI is InChI=1S/C14H26N4O3S/c1-3-4-8-13-16-14(21-17-13)11-18-9-6-5-7-12(18)10-15-22(2,19)20/h12,15H,3-11H2,1-2H3/t12-/m1/s1. The number of sulfonamides is 1. The van der Waals surface area contributed by atoms with E-state index >= 15 is 0 Å². The van der Waals surface area contributed by atoms with Crippen LogP contribution < -0.4 is 4.72 Å². The van der Waals surface area contributed by atoms with Crippen molar-refractivity contribution in [3.8, 4) is 0 Å². The van der Waals surface area contributed by atoms with Crippen LogP contribution in [0.15, 0.2) is 4.52 Å². The summed E-state index contributed by atoms with van der Waals surface area (Å²) in [5.74, 6) is 1.39. The molecule has 126 valence electrons. The number of nitrogens with zero attached hydrogens (tertiary/aromatic N) is 3. The minimum Gasteiger partial charge on any atom is -0.338 e. The second-order valence-electron chi connectivity index (χ2n) is 5.95. The molecule has 1 fully saturated rings. The fraction of sp³-hybridized carbons (Fsp3) is 0.857. The Morgan fingerprint density at radius 1 is 1.41 bits per heavy atom. The fourth-order valence-corrected chi connectivity index (χ4v) is 3.21. The number of unbranched alkanes of at least 4 members (excludes halogenated alkanes) is 1. The van der Waals surface area contributed by atoms with Gasteiger partial charge in [-0.25, -0.2) is 13.1 Å². The number of hydrogen-bond acceptors (Lipinski definition) is 6. The molecule has 1 aromatic rings. The average molecular weight is 330 g/mol. The van der Waals surface area contributed by atoms with Gasteiger partial charge in [-0.05, 0) is 25.8 Å². The van der Waals surface area contributed by atoms with Gasteiger partial charge < -0.3 is 4.52 Å². The van der Waals surface area contributed by atoms with Gasteiger partial charge in [-0.2, -0.15) is 4.98 Å². The van der Waals surface area contributed by atoms with E-state index in [1.165, 1.54) is 6.26 Å². The summed E-state index contributed by atoms with van der Waals surface area (Å²) < 4.78 is 30.5. The topological polar surface area (TPSA) is 88.3 Å². The van der Waals surface area contributed by atoms with Gasteiger partial charge in [-0.15, -0.1) is 0 Å². The Bertz CT molecular complexity index is 558. The number of likely N-dealkylation sites (tertiary alicyclic amines) is 1. The minimum absolute atomic E-state index is 0.189. The van der Waals surface area contributed by atoms with E-state index in [1.807, 2.05) is 0 Å². The van der Waals surface area contributed by atoms with Gasteiger partial charge in [-0.3, -0.25) is 4.90 Å². The third-order valence-corrected chi connectivity index (χ3v) is 4.62. The number of piperidine rings is 1. The van der Waals surface area contributed by atoms with Gasteiger partial charge in [-0.1, -0.05) is 24.9 Å². The van der Waals surface area contributed by atoms with Crippen LogP contribution in [0.2, 0.25) is 0 Å². The summed E-state index contributed by atoms with van der Waals surface area (Å²) in [6, 6.07) is 0.189. The highest BCUT2D eigenvalue weighted by atomic mass is 32.2. The van der Waals surface area contributed by atoms with Crippen molar-refractivity contribution in [2.45, 2.75) is 58.0 Å². The predicted molar refractivity (Wildman–Crippen MR) is 83.8 cm³/mol. The van der Waals surface area contributed by atoms with Crippen molar-refractivity contribution in [2.24, 2.45) is 0 Å². The highest BCUT2D eigenvalue weighted by molar-refractivity contribution is 7.88. The number of nitrogens with one attached hydrogen (secondary N) is 1. The molecule has 0 bridgehead atoms. The van der Waals surface area contributed by atoms with Crippen LogP contribution in [-0.2, 0) is 23.0 Å². The molecule has 1 aliphatic heterocycles. The SMILES string of the molecule is CCCCc1noc(CN2CCCC[C@@H]2CNS(C)(=O)=O)n1. The summed E-state index contributed by atoms with van der Waals surface area (Å²) in [6.45, 7) is 4.10. The van der Waals surface area contributed by atoms with Crippen LogP contribution in [-0.4, -0.2) is 48.8 Å². The molecular weight excluding hydrogens is 304 g/mol. The number of rotatable bonds is 8. The molecule has 0 amide bonds. The van der Waals surface area contributed by atoms with Crippen LogP contribution in [0.25, 0.3) is 0 Å². The van der Waals surface area contributed by atoms with Gasteiger partial charge in [0.1, 0.15) is 0 Å². The zero-order valence-electron chi connectivity index (χ0n) is 13.4. The molecule has 0 aliphatic carbocycles. The van der Waals surface area contributed by atoms with Crippen LogP contribution in [0.4, 0.5) is 0 Å². The maximum absolute atomic E-state index is 11.3. The summed E-state index contributed by atoms with van der Waals surface area (Å²) >= 11 is 0. The highest BCUT2D eigenvalue weighted by Gasteiger charge is 2.25. The molecule has 8 heteroatoms. The number of hydrogen-bond donors (Lipinski definition) is 1. The monoisotopic (exact) mass is 330 g/mol. The van der Waals surface area contributed by atoms with E-state index in [0.717, 1.165) is 50.9 Å². The van der Waals surface area contributed by atoms with E-state index in [9.17, 15) is 8.42 Å². The second kappa shape index (κ2) is 8.03. The normalized spacial score (nSPS) is 20.4. The van der Waals surface area contributed by atoms with Crippen molar-refractivity contribution >= 4 is 10.0 Å². The molecule has 0 saturated carbocycles. The lowest BCUT2D eigenvalue weighted by molar-refractivity contribution is 0.125. The summed E-state index contributed by atoms with van der Waals surface area (Å²) in [5.41, 5.74) is 0. The first-order valence-corrected chi connectivity index (χ1v) is 9.87. The first-order chi connectivity index (χ1) is 10.5. The van der Waals surface area contributed by atoms with Crippen molar-refractivity contribution in [1.82, 2.24) is 19.8 Å². The molecule has 1 N–H and O–H groups in total. The minimum atomic E-state index is -3.15. The van der Waals surface area contributed by atoms with Crippen molar-refractivity contribution < 1.29 is 12.9 Å². The van der Waals surface area contributed by atoms with E-state index < -0.39 is 10.0 Å². The van der Waals surface area contributed by atoms with E-state index in [-0.39, 0.29) is 6.04 Å². The van der Waals surface area contributed by atoms with Crippen LogP contribution >= 0.6 is 0 Å². The summed E-state index contributed by atoms with van der Waals surface area (Å²) in [5, 5.41) is 4.01. The van der Waals surface area contributed by atoms with E-state index in [4.69, 9.17) is 4.52 Å². The Kier molecular flexibility index (Phi) is 6.34. The van der Waals surface area contributed by atoms with Crippen molar-refractivity contribution in [3.63, 3.8) is 0 Å². The molecule has 1 atom stereocenters. The lowest BCUT2D eigenvalue weighted by atomic mass is 10.0. The lowest BCUT2D eigenvalue weighted by Gasteiger charge is -2.34. The molecule has 0 radical (unpaired) electrons. The van der Waals surface area contributed by atoms with Gasteiger partial charge >= 0.3 is 0 Å². The molecule has 1 aromatic heterocycles.